The molecule has 0 saturated carbocycles. The van der Waals surface area contributed by atoms with Crippen molar-refractivity contribution < 1.29 is 4.42 Å². The van der Waals surface area contributed by atoms with Crippen molar-refractivity contribution in [3.05, 3.63) is 54.0 Å². The highest BCUT2D eigenvalue weighted by molar-refractivity contribution is 5.47. The van der Waals surface area contributed by atoms with Crippen molar-refractivity contribution in [2.24, 2.45) is 5.73 Å². The molecule has 1 heterocycles. The topological polar surface area (TPSA) is 42.4 Å². The van der Waals surface area contributed by atoms with Crippen LogP contribution in [0.5, 0.6) is 0 Å². The van der Waals surface area contributed by atoms with Gasteiger partial charge in [0.05, 0.1) is 12.5 Å². The summed E-state index contributed by atoms with van der Waals surface area (Å²) in [5.74, 6) is 0. The van der Waals surface area contributed by atoms with Crippen molar-refractivity contribution in [1.82, 2.24) is 0 Å². The van der Waals surface area contributed by atoms with Crippen LogP contribution in [-0.4, -0.2) is 7.05 Å². The zero-order valence-electron chi connectivity index (χ0n) is 10.3. The normalized spacial score (nSPS) is 12.4. The lowest BCUT2D eigenvalue weighted by Crippen LogP contribution is -2.16. The second-order valence-corrected chi connectivity index (χ2v) is 4.37. The second kappa shape index (κ2) is 5.06. The Morgan fingerprint density at radius 3 is 2.47 bits per heavy atom. The van der Waals surface area contributed by atoms with E-state index in [2.05, 4.69) is 36.2 Å². The first-order valence-corrected chi connectivity index (χ1v) is 5.74. The number of rotatable bonds is 4. The number of hydrogen-bond donors (Lipinski definition) is 1. The molecule has 3 heteroatoms. The van der Waals surface area contributed by atoms with Crippen molar-refractivity contribution in [2.45, 2.75) is 19.5 Å². The highest BCUT2D eigenvalue weighted by Crippen LogP contribution is 2.18. The van der Waals surface area contributed by atoms with Gasteiger partial charge in [0, 0.05) is 30.9 Å². The molecule has 0 spiro atoms. The van der Waals surface area contributed by atoms with Crippen molar-refractivity contribution in [3.8, 4) is 0 Å². The molecule has 0 saturated heterocycles. The van der Waals surface area contributed by atoms with E-state index in [1.165, 1.54) is 11.3 Å². The van der Waals surface area contributed by atoms with Crippen LogP contribution in [0.15, 0.2) is 47.3 Å². The predicted molar refractivity (Wildman–Crippen MR) is 69.9 cm³/mol. The molecule has 1 aromatic carbocycles. The largest absolute Gasteiger partial charge is 0.472 e. The van der Waals surface area contributed by atoms with Crippen LogP contribution in [0.1, 0.15) is 24.1 Å². The Morgan fingerprint density at radius 2 is 1.94 bits per heavy atom. The van der Waals surface area contributed by atoms with E-state index in [1.54, 1.807) is 12.5 Å². The first kappa shape index (κ1) is 11.7. The molecule has 0 bridgehead atoms. The lowest BCUT2D eigenvalue weighted by Gasteiger charge is -2.19. The fourth-order valence-corrected chi connectivity index (χ4v) is 1.78. The van der Waals surface area contributed by atoms with Crippen LogP contribution in [0.2, 0.25) is 0 Å². The van der Waals surface area contributed by atoms with Gasteiger partial charge < -0.3 is 15.1 Å². The molecular weight excluding hydrogens is 212 g/mol. The molecule has 17 heavy (non-hydrogen) atoms. The van der Waals surface area contributed by atoms with Gasteiger partial charge in [0.2, 0.25) is 0 Å². The molecule has 1 unspecified atom stereocenters. The minimum absolute atomic E-state index is 0.0863. The van der Waals surface area contributed by atoms with Crippen molar-refractivity contribution in [3.63, 3.8) is 0 Å². The quantitative estimate of drug-likeness (QED) is 0.878. The second-order valence-electron chi connectivity index (χ2n) is 4.37. The van der Waals surface area contributed by atoms with E-state index in [9.17, 15) is 0 Å². The zero-order valence-corrected chi connectivity index (χ0v) is 10.3. The Kier molecular flexibility index (Phi) is 3.49. The van der Waals surface area contributed by atoms with Crippen LogP contribution < -0.4 is 10.6 Å². The Morgan fingerprint density at radius 1 is 1.24 bits per heavy atom. The summed E-state index contributed by atoms with van der Waals surface area (Å²) in [7, 11) is 2.06. The molecule has 3 nitrogen and oxygen atoms in total. The van der Waals surface area contributed by atoms with Gasteiger partial charge in [0.25, 0.3) is 0 Å². The van der Waals surface area contributed by atoms with Crippen LogP contribution >= 0.6 is 0 Å². The molecule has 0 amide bonds. The smallest absolute Gasteiger partial charge is 0.0952 e. The molecule has 2 N–H and O–H groups in total. The molecule has 0 radical (unpaired) electrons. The average Bonchev–Trinajstić information content (AvgIpc) is 2.82. The number of furan rings is 1. The minimum atomic E-state index is 0.0863. The summed E-state index contributed by atoms with van der Waals surface area (Å²) in [5, 5.41) is 0. The number of benzene rings is 1. The first-order valence-electron chi connectivity index (χ1n) is 5.74. The van der Waals surface area contributed by atoms with Crippen LogP contribution in [0, 0.1) is 0 Å². The van der Waals surface area contributed by atoms with Gasteiger partial charge in [0.15, 0.2) is 0 Å². The van der Waals surface area contributed by atoms with Crippen molar-refractivity contribution in [1.29, 1.82) is 0 Å². The van der Waals surface area contributed by atoms with Gasteiger partial charge in [-0.25, -0.2) is 0 Å². The maximum atomic E-state index is 5.82. The monoisotopic (exact) mass is 230 g/mol. The van der Waals surface area contributed by atoms with E-state index in [4.69, 9.17) is 10.2 Å². The average molecular weight is 230 g/mol. The molecule has 1 atom stereocenters. The van der Waals surface area contributed by atoms with E-state index < -0.39 is 0 Å². The molecule has 0 aliphatic carbocycles. The first-order chi connectivity index (χ1) is 8.16. The summed E-state index contributed by atoms with van der Waals surface area (Å²) in [6, 6.07) is 10.4. The Bertz CT molecular complexity index is 446. The third-order valence-electron chi connectivity index (χ3n) is 2.86. The number of nitrogens with two attached hydrogens (primary N) is 1. The number of hydrogen-bond acceptors (Lipinski definition) is 3. The third-order valence-corrected chi connectivity index (χ3v) is 2.86. The summed E-state index contributed by atoms with van der Waals surface area (Å²) in [6.45, 7) is 2.83. The fraction of sp³-hybridized carbons (Fsp3) is 0.286. The Hall–Kier alpha value is -1.74. The van der Waals surface area contributed by atoms with Gasteiger partial charge in [-0.3, -0.25) is 0 Å². The molecule has 0 fully saturated rings. The van der Waals surface area contributed by atoms with E-state index in [0.717, 1.165) is 12.1 Å². The number of anilines is 1. The fourth-order valence-electron chi connectivity index (χ4n) is 1.78. The molecule has 90 valence electrons. The van der Waals surface area contributed by atoms with Gasteiger partial charge in [-0.15, -0.1) is 0 Å². The summed E-state index contributed by atoms with van der Waals surface area (Å²) >= 11 is 0. The highest BCUT2D eigenvalue weighted by Gasteiger charge is 2.04. The van der Waals surface area contributed by atoms with E-state index >= 15 is 0 Å². The van der Waals surface area contributed by atoms with Crippen molar-refractivity contribution >= 4 is 5.69 Å². The molecule has 0 aliphatic rings. The predicted octanol–water partition coefficient (Wildman–Crippen LogP) is 2.94. The summed E-state index contributed by atoms with van der Waals surface area (Å²) in [4.78, 5) is 2.18. The molecule has 2 rings (SSSR count). The van der Waals surface area contributed by atoms with Gasteiger partial charge in [-0.1, -0.05) is 12.1 Å². The maximum absolute atomic E-state index is 5.82. The minimum Gasteiger partial charge on any atom is -0.472 e. The summed E-state index contributed by atoms with van der Waals surface area (Å²) < 4.78 is 5.06. The zero-order chi connectivity index (χ0) is 12.3. The van der Waals surface area contributed by atoms with Gasteiger partial charge in [-0.2, -0.15) is 0 Å². The molecule has 0 aliphatic heterocycles. The summed E-state index contributed by atoms with van der Waals surface area (Å²) in [5.41, 5.74) is 9.33. The SMILES string of the molecule is CC(N)c1ccc(N(C)Cc2ccoc2)cc1. The van der Waals surface area contributed by atoms with Crippen LogP contribution in [0.4, 0.5) is 5.69 Å². The Balaban J connectivity index is 2.06. The highest BCUT2D eigenvalue weighted by atomic mass is 16.3. The van der Waals surface area contributed by atoms with Crippen LogP contribution in [0.25, 0.3) is 0 Å². The molecular formula is C14H18N2O. The standard InChI is InChI=1S/C14H18N2O/c1-11(15)13-3-5-14(6-4-13)16(2)9-12-7-8-17-10-12/h3-8,10-11H,9,15H2,1-2H3. The molecule has 2 aromatic rings. The van der Waals surface area contributed by atoms with Crippen molar-refractivity contribution in [2.75, 3.05) is 11.9 Å². The van der Waals surface area contributed by atoms with Crippen LogP contribution in [-0.2, 0) is 6.54 Å². The lowest BCUT2D eigenvalue weighted by molar-refractivity contribution is 0.563. The number of nitrogens with zero attached hydrogens (tertiary/aromatic N) is 1. The van der Waals surface area contributed by atoms with Gasteiger partial charge >= 0.3 is 0 Å². The maximum Gasteiger partial charge on any atom is 0.0952 e. The van der Waals surface area contributed by atoms with Crippen LogP contribution in [0.3, 0.4) is 0 Å². The Labute approximate surface area is 102 Å². The van der Waals surface area contributed by atoms with Gasteiger partial charge in [0.1, 0.15) is 0 Å². The molecule has 1 aromatic heterocycles. The van der Waals surface area contributed by atoms with E-state index in [1.807, 2.05) is 13.0 Å². The van der Waals surface area contributed by atoms with Gasteiger partial charge in [-0.05, 0) is 30.7 Å². The lowest BCUT2D eigenvalue weighted by atomic mass is 10.1. The van der Waals surface area contributed by atoms with E-state index in [-0.39, 0.29) is 6.04 Å². The van der Waals surface area contributed by atoms with E-state index in [0.29, 0.717) is 0 Å². The third kappa shape index (κ3) is 2.88. The summed E-state index contributed by atoms with van der Waals surface area (Å²) in [6.07, 6.45) is 3.47.